The van der Waals surface area contributed by atoms with Crippen molar-refractivity contribution in [3.05, 3.63) is 35.4 Å². The zero-order valence-electron chi connectivity index (χ0n) is 10.6. The lowest BCUT2D eigenvalue weighted by Gasteiger charge is -2.26. The first-order valence-corrected chi connectivity index (χ1v) is 6.30. The molecule has 0 radical (unpaired) electrons. The molecular formula is C13H18N4O2. The Morgan fingerprint density at radius 2 is 2.05 bits per heavy atom. The number of nitrogens with two attached hydrogens (primary N) is 1. The highest BCUT2D eigenvalue weighted by molar-refractivity contribution is 5.96. The van der Waals surface area contributed by atoms with Crippen LogP contribution in [0.3, 0.4) is 0 Å². The fourth-order valence-corrected chi connectivity index (χ4v) is 1.82. The van der Waals surface area contributed by atoms with Crippen LogP contribution in [0.15, 0.2) is 29.4 Å². The van der Waals surface area contributed by atoms with E-state index in [1.807, 2.05) is 12.1 Å². The average Bonchev–Trinajstić information content (AvgIpc) is 2.40. The summed E-state index contributed by atoms with van der Waals surface area (Å²) in [7, 11) is 0. The molecule has 6 nitrogen and oxygen atoms in total. The van der Waals surface area contributed by atoms with Crippen LogP contribution in [0.25, 0.3) is 0 Å². The van der Waals surface area contributed by atoms with Gasteiger partial charge < -0.3 is 21.6 Å². The zero-order chi connectivity index (χ0) is 13.7. The molecule has 1 saturated carbocycles. The third-order valence-corrected chi connectivity index (χ3v) is 3.25. The molecule has 102 valence electrons. The fourth-order valence-electron chi connectivity index (χ4n) is 1.82. The van der Waals surface area contributed by atoms with Crippen LogP contribution in [-0.4, -0.2) is 23.1 Å². The summed E-state index contributed by atoms with van der Waals surface area (Å²) in [6.07, 6.45) is 3.34. The minimum absolute atomic E-state index is 0.0715. The molecule has 5 N–H and O–H groups in total. The molecule has 1 fully saturated rings. The molecule has 1 aliphatic carbocycles. The standard InChI is InChI=1S/C13H18N4O2/c14-12(17-19)10-6-4-9(5-7-10)8-15-13(18)16-11-2-1-3-11/h4-7,11,19H,1-3,8H2,(H2,14,17)(H2,15,16,18). The van der Waals surface area contributed by atoms with Crippen LogP contribution in [0.5, 0.6) is 0 Å². The Kier molecular flexibility index (Phi) is 4.22. The highest BCUT2D eigenvalue weighted by atomic mass is 16.4. The highest BCUT2D eigenvalue weighted by Crippen LogP contribution is 2.17. The molecule has 0 aliphatic heterocycles. The van der Waals surface area contributed by atoms with Crippen molar-refractivity contribution in [2.45, 2.75) is 31.8 Å². The number of hydrogen-bond acceptors (Lipinski definition) is 3. The SMILES string of the molecule is N/C(=N/O)c1ccc(CNC(=O)NC2CCC2)cc1. The van der Waals surface area contributed by atoms with Gasteiger partial charge in [0.05, 0.1) is 0 Å². The molecule has 0 unspecified atom stereocenters. The topological polar surface area (TPSA) is 99.7 Å². The summed E-state index contributed by atoms with van der Waals surface area (Å²) in [4.78, 5) is 11.5. The molecule has 0 saturated heterocycles. The number of nitrogens with zero attached hydrogens (tertiary/aromatic N) is 1. The molecule has 0 heterocycles. The number of nitrogens with one attached hydrogen (secondary N) is 2. The van der Waals surface area contributed by atoms with Gasteiger partial charge in [-0.25, -0.2) is 4.79 Å². The Bertz CT molecular complexity index is 466. The Labute approximate surface area is 111 Å². The first-order chi connectivity index (χ1) is 9.19. The number of hydrogen-bond donors (Lipinski definition) is 4. The summed E-state index contributed by atoms with van der Waals surface area (Å²) in [5, 5.41) is 17.2. The summed E-state index contributed by atoms with van der Waals surface area (Å²) in [5.41, 5.74) is 7.06. The van der Waals surface area contributed by atoms with Crippen molar-refractivity contribution in [1.82, 2.24) is 10.6 Å². The van der Waals surface area contributed by atoms with Crippen molar-refractivity contribution in [2.24, 2.45) is 10.9 Å². The third-order valence-electron chi connectivity index (χ3n) is 3.25. The molecule has 1 aromatic rings. The minimum atomic E-state index is -0.134. The van der Waals surface area contributed by atoms with Crippen LogP contribution < -0.4 is 16.4 Å². The van der Waals surface area contributed by atoms with Gasteiger partial charge in [-0.15, -0.1) is 0 Å². The van der Waals surface area contributed by atoms with E-state index in [2.05, 4.69) is 15.8 Å². The molecule has 0 spiro atoms. The van der Waals surface area contributed by atoms with Crippen LogP contribution in [0.1, 0.15) is 30.4 Å². The second kappa shape index (κ2) is 6.08. The molecule has 6 heteroatoms. The van der Waals surface area contributed by atoms with Crippen molar-refractivity contribution in [3.63, 3.8) is 0 Å². The summed E-state index contributed by atoms with van der Waals surface area (Å²) < 4.78 is 0. The maximum atomic E-state index is 11.5. The Hall–Kier alpha value is -2.24. The van der Waals surface area contributed by atoms with Gasteiger partial charge in [0.25, 0.3) is 0 Å². The van der Waals surface area contributed by atoms with E-state index >= 15 is 0 Å². The minimum Gasteiger partial charge on any atom is -0.409 e. The highest BCUT2D eigenvalue weighted by Gasteiger charge is 2.18. The number of benzene rings is 1. The maximum Gasteiger partial charge on any atom is 0.315 e. The summed E-state index contributed by atoms with van der Waals surface area (Å²) in [6, 6.07) is 7.35. The maximum absolute atomic E-state index is 11.5. The molecule has 0 bridgehead atoms. The van der Waals surface area contributed by atoms with Gasteiger partial charge in [-0.05, 0) is 24.8 Å². The van der Waals surface area contributed by atoms with Gasteiger partial charge in [0.1, 0.15) is 0 Å². The van der Waals surface area contributed by atoms with E-state index in [4.69, 9.17) is 10.9 Å². The molecule has 2 rings (SSSR count). The fraction of sp³-hybridized carbons (Fsp3) is 0.385. The van der Waals surface area contributed by atoms with Crippen molar-refractivity contribution in [3.8, 4) is 0 Å². The van der Waals surface area contributed by atoms with Gasteiger partial charge in [0.2, 0.25) is 0 Å². The van der Waals surface area contributed by atoms with E-state index in [1.54, 1.807) is 12.1 Å². The monoisotopic (exact) mass is 262 g/mol. The Morgan fingerprint density at radius 1 is 1.37 bits per heavy atom. The lowest BCUT2D eigenvalue weighted by molar-refractivity contribution is 0.228. The number of carbonyl (C=O) groups excluding carboxylic acids is 1. The van der Waals surface area contributed by atoms with Crippen molar-refractivity contribution >= 4 is 11.9 Å². The number of rotatable bonds is 4. The quantitative estimate of drug-likeness (QED) is 0.283. The molecule has 19 heavy (non-hydrogen) atoms. The van der Waals surface area contributed by atoms with E-state index < -0.39 is 0 Å². The number of amidine groups is 1. The van der Waals surface area contributed by atoms with E-state index in [-0.39, 0.29) is 11.9 Å². The first-order valence-electron chi connectivity index (χ1n) is 6.30. The lowest BCUT2D eigenvalue weighted by atomic mass is 9.93. The Morgan fingerprint density at radius 3 is 2.58 bits per heavy atom. The summed E-state index contributed by atoms with van der Waals surface area (Å²) >= 11 is 0. The molecule has 1 aliphatic rings. The van der Waals surface area contributed by atoms with Gasteiger partial charge >= 0.3 is 6.03 Å². The van der Waals surface area contributed by atoms with Gasteiger partial charge in [0.15, 0.2) is 5.84 Å². The van der Waals surface area contributed by atoms with E-state index in [0.717, 1.165) is 18.4 Å². The molecule has 2 amide bonds. The predicted octanol–water partition coefficient (Wildman–Crippen LogP) is 1.13. The zero-order valence-corrected chi connectivity index (χ0v) is 10.6. The lowest BCUT2D eigenvalue weighted by Crippen LogP contribution is -2.44. The van der Waals surface area contributed by atoms with Crippen molar-refractivity contribution in [1.29, 1.82) is 0 Å². The van der Waals surface area contributed by atoms with Crippen LogP contribution in [0.2, 0.25) is 0 Å². The van der Waals surface area contributed by atoms with Crippen LogP contribution in [0, 0.1) is 0 Å². The van der Waals surface area contributed by atoms with Gasteiger partial charge in [-0.3, -0.25) is 0 Å². The van der Waals surface area contributed by atoms with Crippen LogP contribution in [-0.2, 0) is 6.54 Å². The second-order valence-corrected chi connectivity index (χ2v) is 4.64. The van der Waals surface area contributed by atoms with Gasteiger partial charge in [0, 0.05) is 18.2 Å². The van der Waals surface area contributed by atoms with Gasteiger partial charge in [-0.2, -0.15) is 0 Å². The average molecular weight is 262 g/mol. The molecule has 0 atom stereocenters. The Balaban J connectivity index is 1.80. The smallest absolute Gasteiger partial charge is 0.315 e. The largest absolute Gasteiger partial charge is 0.409 e. The second-order valence-electron chi connectivity index (χ2n) is 4.64. The number of amides is 2. The summed E-state index contributed by atoms with van der Waals surface area (Å²) in [5.74, 6) is 0.0715. The number of carbonyl (C=O) groups is 1. The number of oxime groups is 1. The van der Waals surface area contributed by atoms with E-state index in [0.29, 0.717) is 18.2 Å². The van der Waals surface area contributed by atoms with Crippen molar-refractivity contribution in [2.75, 3.05) is 0 Å². The van der Waals surface area contributed by atoms with E-state index in [1.165, 1.54) is 6.42 Å². The normalized spacial score (nSPS) is 15.7. The first kappa shape index (κ1) is 13.2. The van der Waals surface area contributed by atoms with E-state index in [9.17, 15) is 4.79 Å². The number of urea groups is 1. The molecule has 1 aromatic carbocycles. The van der Waals surface area contributed by atoms with Crippen molar-refractivity contribution < 1.29 is 10.0 Å². The summed E-state index contributed by atoms with van der Waals surface area (Å²) in [6.45, 7) is 0.453. The predicted molar refractivity (Wildman–Crippen MR) is 72.0 cm³/mol. The molecule has 0 aromatic heterocycles. The van der Waals surface area contributed by atoms with Gasteiger partial charge in [-0.1, -0.05) is 29.4 Å². The third kappa shape index (κ3) is 3.61. The van der Waals surface area contributed by atoms with Crippen LogP contribution >= 0.6 is 0 Å². The molecular weight excluding hydrogens is 244 g/mol. The van der Waals surface area contributed by atoms with Crippen LogP contribution in [0.4, 0.5) is 4.79 Å².